The second-order valence-electron chi connectivity index (χ2n) is 16.9. The van der Waals surface area contributed by atoms with Gasteiger partial charge in [-0.2, -0.15) is 0 Å². The maximum absolute atomic E-state index is 12.8. The number of aliphatic hydroxyl groups is 5. The van der Waals surface area contributed by atoms with E-state index in [2.05, 4.69) is 62.5 Å². The number of hydrogen-bond donors (Lipinski definition) is 6. The highest BCUT2D eigenvalue weighted by Gasteiger charge is 2.51. The summed E-state index contributed by atoms with van der Waals surface area (Å²) in [5, 5.41) is 50.2. The normalized spacial score (nSPS) is 22.1. The minimum Gasteiger partial charge on any atom is -0.462 e. The van der Waals surface area contributed by atoms with Gasteiger partial charge in [0.2, 0.25) is 0 Å². The Morgan fingerprint density at radius 3 is 1.40 bits per heavy atom. The van der Waals surface area contributed by atoms with Crippen LogP contribution < -0.4 is 0 Å². The van der Waals surface area contributed by atoms with Gasteiger partial charge in [0.25, 0.3) is 0 Å². The zero-order valence-electron chi connectivity index (χ0n) is 38.9. The molecule has 6 atom stereocenters. The molecule has 1 saturated carbocycles. The maximum atomic E-state index is 12.8. The van der Waals surface area contributed by atoms with Gasteiger partial charge in [0, 0.05) is 12.8 Å². The van der Waals surface area contributed by atoms with Crippen LogP contribution >= 0.6 is 7.82 Å². The number of hydrogen-bond acceptors (Lipinski definition) is 12. The second-order valence-corrected chi connectivity index (χ2v) is 18.3. The highest BCUT2D eigenvalue weighted by atomic mass is 31.2. The van der Waals surface area contributed by atoms with Crippen molar-refractivity contribution in [1.82, 2.24) is 0 Å². The van der Waals surface area contributed by atoms with E-state index in [-0.39, 0.29) is 12.8 Å². The number of phosphoric acid groups is 1. The van der Waals surface area contributed by atoms with Gasteiger partial charge in [0.05, 0.1) is 6.61 Å². The van der Waals surface area contributed by atoms with Crippen molar-refractivity contribution in [2.75, 3.05) is 13.2 Å². The molecule has 0 aliphatic heterocycles. The Morgan fingerprint density at radius 1 is 0.508 bits per heavy atom. The third-order valence-electron chi connectivity index (χ3n) is 11.2. The van der Waals surface area contributed by atoms with Crippen molar-refractivity contribution in [3.8, 4) is 0 Å². The number of aliphatic hydroxyl groups excluding tert-OH is 5. The molecule has 14 heteroatoms. The Kier molecular flexibility index (Phi) is 36.4. The monoisotopic (exact) mass is 915 g/mol. The summed E-state index contributed by atoms with van der Waals surface area (Å²) in [6, 6.07) is 0. The van der Waals surface area contributed by atoms with Gasteiger partial charge in [-0.05, 0) is 70.6 Å². The molecular formula is C49H87O13P. The number of phosphoric ester groups is 1. The van der Waals surface area contributed by atoms with E-state index in [1.807, 2.05) is 0 Å². The lowest BCUT2D eigenvalue weighted by Gasteiger charge is -2.41. The number of carbonyl (C=O) groups excluding carboxylic acids is 2. The summed E-state index contributed by atoms with van der Waals surface area (Å²) in [6.45, 7) is 3.18. The summed E-state index contributed by atoms with van der Waals surface area (Å²) < 4.78 is 33.6. The van der Waals surface area contributed by atoms with E-state index in [0.29, 0.717) is 12.8 Å². The lowest BCUT2D eigenvalue weighted by atomic mass is 9.85. The molecule has 1 rings (SSSR count). The van der Waals surface area contributed by atoms with Crippen LogP contribution in [0.3, 0.4) is 0 Å². The minimum atomic E-state index is -5.12. The van der Waals surface area contributed by atoms with Crippen molar-refractivity contribution in [2.24, 2.45) is 0 Å². The van der Waals surface area contributed by atoms with Gasteiger partial charge in [-0.1, -0.05) is 159 Å². The first-order chi connectivity index (χ1) is 30.4. The molecule has 0 aromatic rings. The minimum absolute atomic E-state index is 0.0837. The van der Waals surface area contributed by atoms with E-state index in [1.54, 1.807) is 0 Å². The van der Waals surface area contributed by atoms with E-state index in [4.69, 9.17) is 18.5 Å². The first kappa shape index (κ1) is 58.8. The molecule has 366 valence electrons. The lowest BCUT2D eigenvalue weighted by Crippen LogP contribution is -2.64. The van der Waals surface area contributed by atoms with Gasteiger partial charge < -0.3 is 39.9 Å². The maximum Gasteiger partial charge on any atom is 0.472 e. The third kappa shape index (κ3) is 31.4. The molecule has 0 aromatic carbocycles. The third-order valence-corrected chi connectivity index (χ3v) is 12.1. The van der Waals surface area contributed by atoms with Gasteiger partial charge in [-0.25, -0.2) is 4.57 Å². The van der Waals surface area contributed by atoms with Crippen molar-refractivity contribution in [2.45, 2.75) is 236 Å². The first-order valence-corrected chi connectivity index (χ1v) is 25.9. The Bertz CT molecular complexity index is 1290. The number of unbranched alkanes of at least 4 members (excludes halogenated alkanes) is 20. The van der Waals surface area contributed by atoms with E-state index < -0.39 is 75.7 Å². The standard InChI is InChI=1S/C49H87O13P/c1-3-5-7-9-11-13-15-17-19-21-23-25-27-29-31-33-35-37-42(50)59-39-41(40-60-63(57,58)62-49-47(55)45(53)44(52)46(54)48(49)56)61-43(51)38-36-34-32-30-28-26-24-22-20-18-16-14-12-10-8-6-4-2/h6,8,12,14,17-20,41,44-49,52-56H,3-5,7,9-11,13,15-16,21-40H2,1-2H3,(H,57,58)/b8-6-,14-12-,19-17-,20-18-. The zero-order valence-corrected chi connectivity index (χ0v) is 39.8. The second kappa shape index (κ2) is 39.0. The smallest absolute Gasteiger partial charge is 0.462 e. The van der Waals surface area contributed by atoms with Gasteiger partial charge >= 0.3 is 19.8 Å². The fraction of sp³-hybridized carbons (Fsp3) is 0.796. The number of ether oxygens (including phenoxy) is 2. The first-order valence-electron chi connectivity index (χ1n) is 24.4. The van der Waals surface area contributed by atoms with Crippen LogP contribution in [0, 0.1) is 0 Å². The van der Waals surface area contributed by atoms with Crippen LogP contribution in [0.1, 0.15) is 194 Å². The predicted molar refractivity (Wildman–Crippen MR) is 249 cm³/mol. The van der Waals surface area contributed by atoms with Crippen LogP contribution in [0.4, 0.5) is 0 Å². The van der Waals surface area contributed by atoms with Crippen molar-refractivity contribution < 1.29 is 63.1 Å². The lowest BCUT2D eigenvalue weighted by molar-refractivity contribution is -0.220. The van der Waals surface area contributed by atoms with E-state index >= 15 is 0 Å². The molecule has 1 fully saturated rings. The molecule has 6 unspecified atom stereocenters. The summed E-state index contributed by atoms with van der Waals surface area (Å²) in [4.78, 5) is 35.8. The van der Waals surface area contributed by atoms with Gasteiger partial charge in [0.1, 0.15) is 43.2 Å². The molecule has 63 heavy (non-hydrogen) atoms. The van der Waals surface area contributed by atoms with Crippen LogP contribution in [-0.2, 0) is 32.7 Å². The SMILES string of the molecule is CC/C=C\C/C=C\C/C=C\CCCCCCCCCC(=O)OC(COC(=O)CCCCCCCCC/C=C\CCCCCCCC)COP(=O)(O)OC1C(O)C(O)C(O)C(O)C1O. The molecule has 1 aliphatic carbocycles. The summed E-state index contributed by atoms with van der Waals surface area (Å²) in [6.07, 6.45) is 33.0. The van der Waals surface area contributed by atoms with Crippen molar-refractivity contribution >= 4 is 19.8 Å². The fourth-order valence-corrected chi connectivity index (χ4v) is 8.21. The Hall–Kier alpha value is -2.19. The highest BCUT2D eigenvalue weighted by molar-refractivity contribution is 7.47. The quantitative estimate of drug-likeness (QED) is 0.0147. The fourth-order valence-electron chi connectivity index (χ4n) is 7.24. The van der Waals surface area contributed by atoms with Crippen molar-refractivity contribution in [3.05, 3.63) is 48.6 Å². The highest BCUT2D eigenvalue weighted by Crippen LogP contribution is 2.47. The predicted octanol–water partition coefficient (Wildman–Crippen LogP) is 9.95. The van der Waals surface area contributed by atoms with Crippen LogP contribution in [-0.4, -0.2) is 98.3 Å². The average Bonchev–Trinajstić information content (AvgIpc) is 3.26. The molecule has 0 bridgehead atoms. The van der Waals surface area contributed by atoms with E-state index in [1.165, 1.54) is 57.8 Å². The van der Waals surface area contributed by atoms with Crippen LogP contribution in [0.2, 0.25) is 0 Å². The van der Waals surface area contributed by atoms with Crippen LogP contribution in [0.15, 0.2) is 48.6 Å². The van der Waals surface area contributed by atoms with Crippen LogP contribution in [0.5, 0.6) is 0 Å². The van der Waals surface area contributed by atoms with E-state index in [9.17, 15) is 44.6 Å². The molecule has 1 aliphatic rings. The summed E-state index contributed by atoms with van der Waals surface area (Å²) in [5.41, 5.74) is 0. The van der Waals surface area contributed by atoms with E-state index in [0.717, 1.165) is 96.3 Å². The van der Waals surface area contributed by atoms with Crippen molar-refractivity contribution in [3.63, 3.8) is 0 Å². The Labute approximate surface area is 380 Å². The molecule has 0 amide bonds. The number of rotatable bonds is 40. The molecule has 0 heterocycles. The van der Waals surface area contributed by atoms with Gasteiger partial charge in [-0.15, -0.1) is 0 Å². The Morgan fingerprint density at radius 2 is 0.905 bits per heavy atom. The molecule has 6 N–H and O–H groups in total. The molecule has 0 saturated heterocycles. The van der Waals surface area contributed by atoms with Crippen molar-refractivity contribution in [1.29, 1.82) is 0 Å². The number of carbonyl (C=O) groups is 2. The number of esters is 2. The topological polar surface area (TPSA) is 210 Å². The summed E-state index contributed by atoms with van der Waals surface area (Å²) >= 11 is 0. The summed E-state index contributed by atoms with van der Waals surface area (Å²) in [7, 11) is -5.12. The largest absolute Gasteiger partial charge is 0.472 e. The summed E-state index contributed by atoms with van der Waals surface area (Å²) in [5.74, 6) is -1.11. The van der Waals surface area contributed by atoms with Gasteiger partial charge in [0.15, 0.2) is 6.10 Å². The molecular weight excluding hydrogens is 828 g/mol. The molecule has 0 radical (unpaired) electrons. The number of allylic oxidation sites excluding steroid dienone is 8. The molecule has 0 aromatic heterocycles. The molecule has 13 nitrogen and oxygen atoms in total. The molecule has 0 spiro atoms. The van der Waals surface area contributed by atoms with Gasteiger partial charge in [-0.3, -0.25) is 18.6 Å². The Balaban J connectivity index is 2.44. The zero-order chi connectivity index (χ0) is 46.4. The average molecular weight is 915 g/mol. The van der Waals surface area contributed by atoms with Crippen LogP contribution in [0.25, 0.3) is 0 Å².